The van der Waals surface area contributed by atoms with Crippen molar-refractivity contribution < 1.29 is 14.3 Å². The smallest absolute Gasteiger partial charge is 0.331 e. The summed E-state index contributed by atoms with van der Waals surface area (Å²) >= 11 is 0. The molecule has 3 aromatic rings. The largest absolute Gasteiger partial charge is 0.451 e. The summed E-state index contributed by atoms with van der Waals surface area (Å²) in [6.45, 7) is 9.37. The molecule has 0 aliphatic heterocycles. The zero-order valence-corrected chi connectivity index (χ0v) is 18.0. The van der Waals surface area contributed by atoms with Crippen LogP contribution >= 0.6 is 0 Å². The van der Waals surface area contributed by atoms with Crippen molar-refractivity contribution in [1.82, 2.24) is 9.78 Å². The van der Waals surface area contributed by atoms with Gasteiger partial charge in [0.1, 0.15) is 0 Å². The quantitative estimate of drug-likeness (QED) is 0.333. The summed E-state index contributed by atoms with van der Waals surface area (Å²) in [5.74, 6) is -0.782. The van der Waals surface area contributed by atoms with Gasteiger partial charge in [-0.15, -0.1) is 0 Å². The van der Waals surface area contributed by atoms with Crippen LogP contribution in [0.4, 0.5) is 0 Å². The van der Waals surface area contributed by atoms with Gasteiger partial charge in [0, 0.05) is 22.9 Å². The molecule has 30 heavy (non-hydrogen) atoms. The molecule has 2 aromatic carbocycles. The lowest BCUT2D eigenvalue weighted by molar-refractivity contribution is -0.140. The first-order valence-corrected chi connectivity index (χ1v) is 9.89. The Morgan fingerprint density at radius 3 is 2.37 bits per heavy atom. The second kappa shape index (κ2) is 8.91. The normalized spacial score (nSPS) is 12.2. The van der Waals surface area contributed by atoms with Gasteiger partial charge in [-0.25, -0.2) is 9.48 Å². The molecule has 1 atom stereocenters. The average molecular weight is 402 g/mol. The van der Waals surface area contributed by atoms with E-state index in [9.17, 15) is 9.59 Å². The first-order chi connectivity index (χ1) is 14.3. The number of ketones is 1. The summed E-state index contributed by atoms with van der Waals surface area (Å²) in [6, 6.07) is 15.3. The zero-order chi connectivity index (χ0) is 21.8. The van der Waals surface area contributed by atoms with E-state index in [1.807, 2.05) is 74.8 Å². The van der Waals surface area contributed by atoms with Gasteiger partial charge in [0.2, 0.25) is 5.78 Å². The van der Waals surface area contributed by atoms with E-state index in [4.69, 9.17) is 4.74 Å². The van der Waals surface area contributed by atoms with Crippen molar-refractivity contribution in [1.29, 1.82) is 0 Å². The predicted molar refractivity (Wildman–Crippen MR) is 118 cm³/mol. The molecule has 0 unspecified atom stereocenters. The molecule has 0 N–H and O–H groups in total. The van der Waals surface area contributed by atoms with Gasteiger partial charge in [-0.3, -0.25) is 4.79 Å². The summed E-state index contributed by atoms with van der Waals surface area (Å²) in [4.78, 5) is 24.9. The summed E-state index contributed by atoms with van der Waals surface area (Å²) in [6.07, 6.45) is 2.17. The predicted octanol–water partition coefficient (Wildman–Crippen LogP) is 4.93. The first-order valence-electron chi connectivity index (χ1n) is 9.89. The van der Waals surface area contributed by atoms with Gasteiger partial charge in [0.15, 0.2) is 6.10 Å². The highest BCUT2D eigenvalue weighted by Gasteiger charge is 2.19. The fraction of sp³-hybridized carbons (Fsp3) is 0.240. The lowest BCUT2D eigenvalue weighted by atomic mass is 10.0. The van der Waals surface area contributed by atoms with Crippen molar-refractivity contribution in [3.8, 4) is 5.69 Å². The van der Waals surface area contributed by atoms with Gasteiger partial charge in [-0.2, -0.15) is 5.10 Å². The number of aryl methyl sites for hydroxylation is 3. The Kier molecular flexibility index (Phi) is 6.31. The molecule has 3 rings (SSSR count). The maximum absolute atomic E-state index is 12.6. The van der Waals surface area contributed by atoms with Crippen LogP contribution in [0.25, 0.3) is 11.8 Å². The van der Waals surface area contributed by atoms with Crippen molar-refractivity contribution in [3.05, 3.63) is 88.2 Å². The number of carbonyl (C=O) groups excluding carboxylic acids is 2. The summed E-state index contributed by atoms with van der Waals surface area (Å²) in [7, 11) is 0. The fourth-order valence-corrected chi connectivity index (χ4v) is 3.26. The van der Waals surface area contributed by atoms with Gasteiger partial charge in [0.05, 0.1) is 11.4 Å². The van der Waals surface area contributed by atoms with Crippen LogP contribution in [0.5, 0.6) is 0 Å². The Bertz CT molecular complexity index is 1110. The highest BCUT2D eigenvalue weighted by molar-refractivity contribution is 6.01. The highest BCUT2D eigenvalue weighted by Crippen LogP contribution is 2.19. The monoisotopic (exact) mass is 402 g/mol. The minimum Gasteiger partial charge on any atom is -0.451 e. The molecular weight excluding hydrogens is 376 g/mol. The highest BCUT2D eigenvalue weighted by atomic mass is 16.5. The van der Waals surface area contributed by atoms with Crippen LogP contribution < -0.4 is 0 Å². The van der Waals surface area contributed by atoms with Crippen molar-refractivity contribution in [3.63, 3.8) is 0 Å². The van der Waals surface area contributed by atoms with E-state index in [0.717, 1.165) is 33.8 Å². The third-order valence-electron chi connectivity index (χ3n) is 5.19. The second-order valence-corrected chi connectivity index (χ2v) is 7.41. The Labute approximate surface area is 177 Å². The Balaban J connectivity index is 1.71. The number of para-hydroxylation sites is 1. The fourth-order valence-electron chi connectivity index (χ4n) is 3.26. The first kappa shape index (κ1) is 21.2. The van der Waals surface area contributed by atoms with Crippen LogP contribution in [0.3, 0.4) is 0 Å². The number of carbonyl (C=O) groups is 2. The molecule has 0 fully saturated rings. The number of nitrogens with zero attached hydrogens (tertiary/aromatic N) is 2. The van der Waals surface area contributed by atoms with Crippen LogP contribution in [0.2, 0.25) is 0 Å². The molecule has 0 aliphatic carbocycles. The molecule has 1 aromatic heterocycles. The van der Waals surface area contributed by atoms with Crippen molar-refractivity contribution in [2.75, 3.05) is 0 Å². The van der Waals surface area contributed by atoms with Gasteiger partial charge < -0.3 is 4.74 Å². The molecule has 1 heterocycles. The molecule has 0 spiro atoms. The van der Waals surface area contributed by atoms with Crippen LogP contribution in [0, 0.1) is 27.7 Å². The van der Waals surface area contributed by atoms with Crippen molar-refractivity contribution in [2.45, 2.75) is 40.7 Å². The Hall–Kier alpha value is -3.47. The molecule has 0 bridgehead atoms. The van der Waals surface area contributed by atoms with E-state index in [1.54, 1.807) is 19.1 Å². The standard InChI is InChI=1S/C25H26N2O3/c1-16-11-12-21(15-17(16)2)25(29)20(5)30-24(28)14-13-23-18(3)26-27(19(23)4)22-9-7-6-8-10-22/h6-15,20H,1-5H3/b14-13+/t20-/m1/s1. The van der Waals surface area contributed by atoms with Gasteiger partial charge >= 0.3 is 5.97 Å². The molecule has 0 aliphatic rings. The number of hydrogen-bond acceptors (Lipinski definition) is 4. The molecule has 0 saturated carbocycles. The topological polar surface area (TPSA) is 61.2 Å². The van der Waals surface area contributed by atoms with Gasteiger partial charge in [-0.1, -0.05) is 30.3 Å². The molecule has 0 radical (unpaired) electrons. The van der Waals surface area contributed by atoms with E-state index in [2.05, 4.69) is 5.10 Å². The van der Waals surface area contributed by atoms with Crippen molar-refractivity contribution in [2.24, 2.45) is 0 Å². The number of hydrogen-bond donors (Lipinski definition) is 0. The average Bonchev–Trinajstić information content (AvgIpc) is 3.02. The Morgan fingerprint density at radius 1 is 1.00 bits per heavy atom. The third kappa shape index (κ3) is 4.57. The number of ether oxygens (including phenoxy) is 1. The van der Waals surface area contributed by atoms with E-state index < -0.39 is 12.1 Å². The van der Waals surface area contributed by atoms with Crippen molar-refractivity contribution >= 4 is 17.8 Å². The molecular formula is C25H26N2O3. The number of rotatable bonds is 6. The molecule has 5 heteroatoms. The number of Topliss-reactive ketones (excluding diaryl/α,β-unsaturated/α-hetero) is 1. The number of esters is 1. The Morgan fingerprint density at radius 2 is 1.70 bits per heavy atom. The molecule has 5 nitrogen and oxygen atoms in total. The van der Waals surface area contributed by atoms with Crippen LogP contribution in [0.15, 0.2) is 54.6 Å². The molecule has 154 valence electrons. The minimum absolute atomic E-state index is 0.218. The summed E-state index contributed by atoms with van der Waals surface area (Å²) in [5.41, 5.74) is 6.21. The van der Waals surface area contributed by atoms with E-state index in [-0.39, 0.29) is 5.78 Å². The lowest BCUT2D eigenvalue weighted by Gasteiger charge is -2.12. The summed E-state index contributed by atoms with van der Waals surface area (Å²) < 4.78 is 7.17. The summed E-state index contributed by atoms with van der Waals surface area (Å²) in [5, 5.41) is 4.56. The maximum Gasteiger partial charge on any atom is 0.331 e. The number of aromatic nitrogens is 2. The second-order valence-electron chi connectivity index (χ2n) is 7.41. The van der Waals surface area contributed by atoms with E-state index in [1.165, 1.54) is 6.08 Å². The van der Waals surface area contributed by atoms with Gasteiger partial charge in [-0.05, 0) is 70.0 Å². The molecule has 0 saturated heterocycles. The van der Waals surface area contributed by atoms with Crippen LogP contribution in [-0.4, -0.2) is 27.6 Å². The van der Waals surface area contributed by atoms with Gasteiger partial charge in [0.25, 0.3) is 0 Å². The number of benzene rings is 2. The van der Waals surface area contributed by atoms with E-state index in [0.29, 0.717) is 5.56 Å². The van der Waals surface area contributed by atoms with Crippen LogP contribution in [0.1, 0.15) is 45.4 Å². The zero-order valence-electron chi connectivity index (χ0n) is 18.0. The maximum atomic E-state index is 12.6. The molecule has 0 amide bonds. The SMILES string of the molecule is Cc1ccc(C(=O)[C@@H](C)OC(=O)/C=C/c2c(C)nn(-c3ccccc3)c2C)cc1C. The minimum atomic E-state index is -0.863. The lowest BCUT2D eigenvalue weighted by Crippen LogP contribution is -2.23. The van der Waals surface area contributed by atoms with E-state index >= 15 is 0 Å². The third-order valence-corrected chi connectivity index (χ3v) is 5.19. The van der Waals surface area contributed by atoms with Crippen LogP contribution in [-0.2, 0) is 9.53 Å².